The second-order valence-electron chi connectivity index (χ2n) is 8.22. The van der Waals surface area contributed by atoms with Crippen LogP contribution in [0.1, 0.15) is 57.1 Å². The number of piperidine rings is 1. The number of carbonyl (C=O) groups excluding carboxylic acids is 2. The molecule has 7 heteroatoms. The number of likely N-dealkylation sites (tertiary alicyclic amines) is 1. The summed E-state index contributed by atoms with van der Waals surface area (Å²) in [5, 5.41) is 12.3. The molecule has 0 aromatic carbocycles. The molecule has 7 nitrogen and oxygen atoms in total. The van der Waals surface area contributed by atoms with E-state index in [0.29, 0.717) is 23.2 Å². The van der Waals surface area contributed by atoms with E-state index < -0.39 is 0 Å². The third-order valence-electron chi connectivity index (χ3n) is 6.24. The van der Waals surface area contributed by atoms with E-state index in [1.165, 1.54) is 32.1 Å². The summed E-state index contributed by atoms with van der Waals surface area (Å²) in [7, 11) is 0. The maximum Gasteiger partial charge on any atom is 0.237 e. The molecule has 4 rings (SSSR count). The average molecular weight is 399 g/mol. The average Bonchev–Trinajstić information content (AvgIpc) is 2.82. The molecule has 1 aliphatic carbocycles. The van der Waals surface area contributed by atoms with E-state index in [-0.39, 0.29) is 30.9 Å². The van der Waals surface area contributed by atoms with Gasteiger partial charge in [0.2, 0.25) is 11.8 Å². The first-order valence-electron chi connectivity index (χ1n) is 10.8. The third kappa shape index (κ3) is 4.51. The van der Waals surface area contributed by atoms with Crippen LogP contribution in [0.2, 0.25) is 0 Å². The second-order valence-corrected chi connectivity index (χ2v) is 8.22. The molecule has 1 aromatic rings. The van der Waals surface area contributed by atoms with Crippen LogP contribution in [0.4, 0.5) is 11.5 Å². The van der Waals surface area contributed by atoms with Gasteiger partial charge in [0, 0.05) is 25.2 Å². The second kappa shape index (κ2) is 9.05. The lowest BCUT2D eigenvalue weighted by Crippen LogP contribution is -2.50. The number of nitrogens with one attached hydrogen (secondary N) is 1. The predicted molar refractivity (Wildman–Crippen MR) is 112 cm³/mol. The van der Waals surface area contributed by atoms with E-state index in [9.17, 15) is 14.7 Å². The zero-order valence-electron chi connectivity index (χ0n) is 16.8. The van der Waals surface area contributed by atoms with E-state index in [0.717, 1.165) is 25.9 Å². The summed E-state index contributed by atoms with van der Waals surface area (Å²) in [6.45, 7) is 1.66. The van der Waals surface area contributed by atoms with Gasteiger partial charge < -0.3 is 10.4 Å². The number of pyridine rings is 1. The van der Waals surface area contributed by atoms with Gasteiger partial charge in [-0.3, -0.25) is 19.4 Å². The molecular formula is C22H30N4O3. The highest BCUT2D eigenvalue weighted by Gasteiger charge is 2.35. The SMILES string of the molecule is O=C1CC(=O)N(C2CCN(C3C=CCCCCC3)CC2)c2nc(CO)ccc2N1. The Morgan fingerprint density at radius 2 is 1.93 bits per heavy atom. The first kappa shape index (κ1) is 20.0. The Morgan fingerprint density at radius 3 is 2.72 bits per heavy atom. The van der Waals surface area contributed by atoms with Gasteiger partial charge in [-0.2, -0.15) is 0 Å². The lowest BCUT2D eigenvalue weighted by atomic mass is 9.96. The van der Waals surface area contributed by atoms with Crippen molar-refractivity contribution >= 4 is 23.3 Å². The molecule has 0 saturated carbocycles. The Hall–Kier alpha value is -2.25. The minimum atomic E-state index is -0.311. The number of nitrogens with zero attached hydrogens (tertiary/aromatic N) is 3. The van der Waals surface area contributed by atoms with Crippen LogP contribution in [0.5, 0.6) is 0 Å². The molecule has 0 radical (unpaired) electrons. The van der Waals surface area contributed by atoms with Crippen LogP contribution in [0.25, 0.3) is 0 Å². The number of amides is 2. The van der Waals surface area contributed by atoms with Crippen molar-refractivity contribution in [3.05, 3.63) is 30.0 Å². The fourth-order valence-electron chi connectivity index (χ4n) is 4.69. The summed E-state index contributed by atoms with van der Waals surface area (Å²) in [4.78, 5) is 33.7. The van der Waals surface area contributed by atoms with Gasteiger partial charge in [0.05, 0.1) is 18.0 Å². The monoisotopic (exact) mass is 398 g/mol. The lowest BCUT2D eigenvalue weighted by molar-refractivity contribution is -0.125. The van der Waals surface area contributed by atoms with Gasteiger partial charge in [0.1, 0.15) is 6.42 Å². The Labute approximate surface area is 171 Å². The zero-order chi connectivity index (χ0) is 20.2. The zero-order valence-corrected chi connectivity index (χ0v) is 16.8. The summed E-state index contributed by atoms with van der Waals surface area (Å²) < 4.78 is 0. The maximum absolute atomic E-state index is 12.9. The van der Waals surface area contributed by atoms with Crippen molar-refractivity contribution in [2.24, 2.45) is 0 Å². The minimum Gasteiger partial charge on any atom is -0.390 e. The molecule has 0 bridgehead atoms. The molecule has 2 amide bonds. The Balaban J connectivity index is 1.52. The Kier molecular flexibility index (Phi) is 6.25. The quantitative estimate of drug-likeness (QED) is 0.604. The van der Waals surface area contributed by atoms with Crippen LogP contribution in [0.15, 0.2) is 24.3 Å². The van der Waals surface area contributed by atoms with Crippen LogP contribution < -0.4 is 10.2 Å². The standard InChI is InChI=1S/C22H30N4O3/c27-15-16-8-9-19-22(23-16)26(21(29)14-20(28)24-19)18-10-12-25(13-11-18)17-6-4-2-1-3-5-7-17/h4,6,8-9,17-18,27H,1-3,5,7,10-15H2,(H,24,28). The Bertz CT molecular complexity index is 786. The van der Waals surface area contributed by atoms with Crippen LogP contribution in [0, 0.1) is 0 Å². The third-order valence-corrected chi connectivity index (χ3v) is 6.24. The van der Waals surface area contributed by atoms with Crippen LogP contribution in [-0.4, -0.2) is 52.0 Å². The van der Waals surface area contributed by atoms with Gasteiger partial charge in [-0.25, -0.2) is 4.98 Å². The Morgan fingerprint density at radius 1 is 1.10 bits per heavy atom. The minimum absolute atomic E-state index is 0.0178. The fraction of sp³-hybridized carbons (Fsp3) is 0.591. The number of allylic oxidation sites excluding steroid dienone is 1. The number of aromatic nitrogens is 1. The lowest BCUT2D eigenvalue weighted by Gasteiger charge is -2.40. The summed E-state index contributed by atoms with van der Waals surface area (Å²) in [5.74, 6) is -0.0563. The molecule has 0 spiro atoms. The first-order valence-corrected chi connectivity index (χ1v) is 10.8. The van der Waals surface area contributed by atoms with Crippen molar-refractivity contribution in [3.63, 3.8) is 0 Å². The molecule has 1 aromatic heterocycles. The van der Waals surface area contributed by atoms with Crippen LogP contribution >= 0.6 is 0 Å². The summed E-state index contributed by atoms with van der Waals surface area (Å²) >= 11 is 0. The number of rotatable bonds is 3. The van der Waals surface area contributed by atoms with Gasteiger partial charge in [0.15, 0.2) is 5.82 Å². The van der Waals surface area contributed by atoms with E-state index in [2.05, 4.69) is 27.4 Å². The predicted octanol–water partition coefficient (Wildman–Crippen LogP) is 2.60. The first-order chi connectivity index (χ1) is 14.2. The number of hydrogen-bond donors (Lipinski definition) is 2. The summed E-state index contributed by atoms with van der Waals surface area (Å²) in [6, 6.07) is 3.91. The van der Waals surface area contributed by atoms with Gasteiger partial charge in [-0.05, 0) is 44.2 Å². The highest BCUT2D eigenvalue weighted by Crippen LogP contribution is 2.33. The molecule has 1 fully saturated rings. The molecule has 2 aliphatic heterocycles. The number of fused-ring (bicyclic) bond motifs is 1. The van der Waals surface area contributed by atoms with Crippen LogP contribution in [0.3, 0.4) is 0 Å². The van der Waals surface area contributed by atoms with Crippen molar-refractivity contribution in [2.45, 2.75) is 70.1 Å². The van der Waals surface area contributed by atoms with E-state index in [1.807, 2.05) is 0 Å². The van der Waals surface area contributed by atoms with Gasteiger partial charge in [0.25, 0.3) is 0 Å². The van der Waals surface area contributed by atoms with Crippen molar-refractivity contribution in [3.8, 4) is 0 Å². The molecule has 156 valence electrons. The summed E-state index contributed by atoms with van der Waals surface area (Å²) in [6.07, 6.45) is 12.5. The molecular weight excluding hydrogens is 368 g/mol. The van der Waals surface area contributed by atoms with Gasteiger partial charge >= 0.3 is 0 Å². The van der Waals surface area contributed by atoms with Crippen molar-refractivity contribution in [2.75, 3.05) is 23.3 Å². The van der Waals surface area contributed by atoms with Gasteiger partial charge in [-0.1, -0.05) is 25.0 Å². The number of carbonyl (C=O) groups is 2. The number of aliphatic hydroxyl groups is 1. The molecule has 29 heavy (non-hydrogen) atoms. The van der Waals surface area contributed by atoms with E-state index in [1.54, 1.807) is 17.0 Å². The number of anilines is 2. The highest BCUT2D eigenvalue weighted by molar-refractivity contribution is 6.13. The maximum atomic E-state index is 12.9. The topological polar surface area (TPSA) is 85.8 Å². The molecule has 1 unspecified atom stereocenters. The largest absolute Gasteiger partial charge is 0.390 e. The van der Waals surface area contributed by atoms with Crippen molar-refractivity contribution in [1.82, 2.24) is 9.88 Å². The number of hydrogen-bond acceptors (Lipinski definition) is 5. The van der Waals surface area contributed by atoms with E-state index >= 15 is 0 Å². The van der Waals surface area contributed by atoms with Gasteiger partial charge in [-0.15, -0.1) is 0 Å². The highest BCUT2D eigenvalue weighted by atomic mass is 16.3. The molecule has 3 heterocycles. The van der Waals surface area contributed by atoms with E-state index in [4.69, 9.17) is 0 Å². The fourth-order valence-corrected chi connectivity index (χ4v) is 4.69. The normalized spacial score (nSPS) is 24.4. The van der Waals surface area contributed by atoms with Crippen LogP contribution in [-0.2, 0) is 16.2 Å². The van der Waals surface area contributed by atoms with Crippen molar-refractivity contribution in [1.29, 1.82) is 0 Å². The van der Waals surface area contributed by atoms with Crippen molar-refractivity contribution < 1.29 is 14.7 Å². The molecule has 3 aliphatic rings. The number of aliphatic hydroxyl groups excluding tert-OH is 1. The molecule has 2 N–H and O–H groups in total. The summed E-state index contributed by atoms with van der Waals surface area (Å²) in [5.41, 5.74) is 1.04. The molecule has 1 saturated heterocycles. The molecule has 1 atom stereocenters. The smallest absolute Gasteiger partial charge is 0.237 e.